The van der Waals surface area contributed by atoms with Gasteiger partial charge in [0.2, 0.25) is 0 Å². The summed E-state index contributed by atoms with van der Waals surface area (Å²) in [4.78, 5) is 51.0. The fourth-order valence-corrected chi connectivity index (χ4v) is 4.19. The molecule has 0 aliphatic rings. The van der Waals surface area contributed by atoms with Crippen LogP contribution in [0, 0.1) is 0 Å². The van der Waals surface area contributed by atoms with Crippen molar-refractivity contribution in [2.75, 3.05) is 30.1 Å². The number of nitrogens with zero attached hydrogens (tertiary/aromatic N) is 5. The van der Waals surface area contributed by atoms with Crippen LogP contribution < -0.4 is 16.0 Å². The molecule has 0 atom stereocenters. The minimum atomic E-state index is -0.423. The van der Waals surface area contributed by atoms with Crippen LogP contribution in [-0.2, 0) is 32.7 Å². The van der Waals surface area contributed by atoms with Crippen molar-refractivity contribution in [1.82, 2.24) is 14.5 Å². The van der Waals surface area contributed by atoms with E-state index in [1.54, 1.807) is 43.5 Å². The van der Waals surface area contributed by atoms with E-state index in [1.165, 1.54) is 11.8 Å². The molecule has 0 radical (unpaired) electrons. The summed E-state index contributed by atoms with van der Waals surface area (Å²) in [7, 11) is 1.91. The molecule has 0 saturated heterocycles. The highest BCUT2D eigenvalue weighted by Crippen LogP contribution is 2.21. The second-order valence-corrected chi connectivity index (χ2v) is 9.23. The topological polar surface area (TPSA) is 154 Å². The third-order valence-corrected chi connectivity index (χ3v) is 6.37. The highest BCUT2D eigenvalue weighted by Gasteiger charge is 2.21. The van der Waals surface area contributed by atoms with Crippen molar-refractivity contribution in [3.63, 3.8) is 0 Å². The average Bonchev–Trinajstić information content (AvgIpc) is 3.31. The number of nitrogens with two attached hydrogens (primary N) is 1. The molecule has 0 aliphatic carbocycles. The Morgan fingerprint density at radius 1 is 1.05 bits per heavy atom. The molecule has 0 spiro atoms. The lowest BCUT2D eigenvalue weighted by Crippen LogP contribution is -2.34. The second kappa shape index (κ2) is 13.9. The maximum absolute atomic E-state index is 13.6. The fourth-order valence-electron chi connectivity index (χ4n) is 4.19. The number of imidazole rings is 1. The van der Waals surface area contributed by atoms with Gasteiger partial charge in [-0.25, -0.2) is 15.0 Å². The zero-order valence-corrected chi connectivity index (χ0v) is 23.7. The van der Waals surface area contributed by atoms with Crippen molar-refractivity contribution in [3.8, 4) is 0 Å². The average molecular weight is 572 g/mol. The lowest BCUT2D eigenvalue weighted by molar-refractivity contribution is -0.143. The van der Waals surface area contributed by atoms with Gasteiger partial charge in [-0.05, 0) is 61.5 Å². The van der Waals surface area contributed by atoms with Crippen molar-refractivity contribution in [2.24, 2.45) is 17.8 Å². The minimum absolute atomic E-state index is 0.0481. The van der Waals surface area contributed by atoms with Gasteiger partial charge in [0.15, 0.2) is 6.73 Å². The molecule has 4 aromatic rings. The third-order valence-electron chi connectivity index (χ3n) is 6.37. The summed E-state index contributed by atoms with van der Waals surface area (Å²) < 4.78 is 11.8. The van der Waals surface area contributed by atoms with E-state index in [1.807, 2.05) is 41.9 Å². The molecule has 0 bridgehead atoms. The Morgan fingerprint density at radius 2 is 1.81 bits per heavy atom. The van der Waals surface area contributed by atoms with E-state index >= 15 is 0 Å². The largest absolute Gasteiger partial charge is 0.466 e. The van der Waals surface area contributed by atoms with Gasteiger partial charge in [-0.15, -0.1) is 0 Å². The smallest absolute Gasteiger partial charge is 0.307 e. The van der Waals surface area contributed by atoms with Gasteiger partial charge in [0, 0.05) is 43.5 Å². The highest BCUT2D eigenvalue weighted by atomic mass is 16.5. The predicted octanol–water partition coefficient (Wildman–Crippen LogP) is 3.41. The number of benzene rings is 2. The van der Waals surface area contributed by atoms with Crippen LogP contribution in [0.5, 0.6) is 0 Å². The molecule has 0 fully saturated rings. The number of aromatic nitrogens is 3. The SMILES string of the molecule is CCOC(=O)CCN(C(=O)c1ccc2c(c1)nc(CNc1ccc(/C(N)=N/COC(C)=O)cc1)n2C)c1ccccn1. The number of rotatable bonds is 12. The Kier molecular flexibility index (Phi) is 9.82. The second-order valence-electron chi connectivity index (χ2n) is 9.23. The number of amides is 1. The van der Waals surface area contributed by atoms with Gasteiger partial charge in [0.25, 0.3) is 5.91 Å². The first-order valence-electron chi connectivity index (χ1n) is 13.4. The van der Waals surface area contributed by atoms with Crippen LogP contribution in [0.1, 0.15) is 42.0 Å². The maximum Gasteiger partial charge on any atom is 0.307 e. The van der Waals surface area contributed by atoms with E-state index in [4.69, 9.17) is 20.2 Å². The molecule has 0 unspecified atom stereocenters. The van der Waals surface area contributed by atoms with E-state index in [0.29, 0.717) is 29.0 Å². The number of aliphatic imine (C=N–C) groups is 1. The Hall–Kier alpha value is -5.26. The highest BCUT2D eigenvalue weighted by molar-refractivity contribution is 6.07. The molecule has 2 aromatic carbocycles. The predicted molar refractivity (Wildman–Crippen MR) is 159 cm³/mol. The molecule has 1 amide bonds. The standard InChI is InChI=1S/C30H33N7O5/c1-4-41-28(39)14-16-37(26-7-5-6-15-32-26)30(40)22-10-13-25-24(17-22)35-27(36(25)3)18-33-23-11-8-21(9-12-23)29(31)34-19-42-20(2)38/h5-13,15,17,33H,4,14,16,18-19H2,1-3H3,(H2,31,34). The van der Waals surface area contributed by atoms with E-state index in [2.05, 4.69) is 15.3 Å². The first-order valence-corrected chi connectivity index (χ1v) is 13.4. The number of anilines is 2. The normalized spacial score (nSPS) is 11.3. The van der Waals surface area contributed by atoms with E-state index in [0.717, 1.165) is 17.0 Å². The summed E-state index contributed by atoms with van der Waals surface area (Å²) in [6.45, 7) is 3.76. The first kappa shape index (κ1) is 29.7. The van der Waals surface area contributed by atoms with Gasteiger partial charge in [0.1, 0.15) is 17.5 Å². The van der Waals surface area contributed by atoms with Gasteiger partial charge in [0.05, 0.1) is 30.6 Å². The van der Waals surface area contributed by atoms with Gasteiger partial charge in [-0.3, -0.25) is 19.3 Å². The number of carbonyl (C=O) groups excluding carboxylic acids is 3. The number of amidine groups is 1. The van der Waals surface area contributed by atoms with Crippen LogP contribution in [0.15, 0.2) is 71.9 Å². The number of fused-ring (bicyclic) bond motifs is 1. The van der Waals surface area contributed by atoms with Crippen molar-refractivity contribution in [2.45, 2.75) is 26.8 Å². The van der Waals surface area contributed by atoms with Gasteiger partial charge >= 0.3 is 11.9 Å². The summed E-state index contributed by atoms with van der Waals surface area (Å²) in [6.07, 6.45) is 1.65. The number of esters is 2. The van der Waals surface area contributed by atoms with Crippen LogP contribution in [0.2, 0.25) is 0 Å². The van der Waals surface area contributed by atoms with Gasteiger partial charge in [-0.1, -0.05) is 6.07 Å². The summed E-state index contributed by atoms with van der Waals surface area (Å²) >= 11 is 0. The molecule has 0 saturated carbocycles. The maximum atomic E-state index is 13.6. The molecule has 12 nitrogen and oxygen atoms in total. The summed E-state index contributed by atoms with van der Waals surface area (Å²) in [5.41, 5.74) is 9.47. The number of hydrogen-bond acceptors (Lipinski definition) is 9. The van der Waals surface area contributed by atoms with Crippen molar-refractivity contribution in [1.29, 1.82) is 0 Å². The molecule has 2 aromatic heterocycles. The minimum Gasteiger partial charge on any atom is -0.466 e. The Balaban J connectivity index is 1.47. The van der Waals surface area contributed by atoms with E-state index < -0.39 is 5.97 Å². The number of hydrogen-bond donors (Lipinski definition) is 2. The Bertz CT molecular complexity index is 1580. The monoisotopic (exact) mass is 571 g/mol. The van der Waals surface area contributed by atoms with Crippen LogP contribution in [0.25, 0.3) is 11.0 Å². The van der Waals surface area contributed by atoms with E-state index in [-0.39, 0.29) is 44.0 Å². The lowest BCUT2D eigenvalue weighted by Gasteiger charge is -2.21. The number of aryl methyl sites for hydroxylation is 1. The lowest BCUT2D eigenvalue weighted by atomic mass is 10.1. The molecule has 42 heavy (non-hydrogen) atoms. The zero-order chi connectivity index (χ0) is 30.1. The molecule has 218 valence electrons. The first-order chi connectivity index (χ1) is 20.3. The molecule has 2 heterocycles. The van der Waals surface area contributed by atoms with Crippen LogP contribution >= 0.6 is 0 Å². The van der Waals surface area contributed by atoms with Crippen molar-refractivity contribution < 1.29 is 23.9 Å². The number of nitrogens with one attached hydrogen (secondary N) is 1. The van der Waals surface area contributed by atoms with Crippen LogP contribution in [-0.4, -0.2) is 58.1 Å². The van der Waals surface area contributed by atoms with Crippen LogP contribution in [0.4, 0.5) is 11.5 Å². The Morgan fingerprint density at radius 3 is 2.50 bits per heavy atom. The van der Waals surface area contributed by atoms with Crippen molar-refractivity contribution >= 4 is 46.2 Å². The fraction of sp³-hybridized carbons (Fsp3) is 0.267. The third kappa shape index (κ3) is 7.47. The van der Waals surface area contributed by atoms with Crippen molar-refractivity contribution in [3.05, 3.63) is 83.8 Å². The molecule has 0 aliphatic heterocycles. The summed E-state index contributed by atoms with van der Waals surface area (Å²) in [6, 6.07) is 18.0. The van der Waals surface area contributed by atoms with E-state index in [9.17, 15) is 14.4 Å². The summed E-state index contributed by atoms with van der Waals surface area (Å²) in [5, 5.41) is 3.34. The van der Waals surface area contributed by atoms with Gasteiger partial charge < -0.3 is 25.1 Å². The molecular weight excluding hydrogens is 538 g/mol. The molecule has 4 rings (SSSR count). The number of carbonyl (C=O) groups is 3. The van der Waals surface area contributed by atoms with Crippen LogP contribution in [0.3, 0.4) is 0 Å². The summed E-state index contributed by atoms with van der Waals surface area (Å²) in [5.74, 6) is 0.390. The zero-order valence-electron chi connectivity index (χ0n) is 23.7. The number of pyridine rings is 1. The van der Waals surface area contributed by atoms with Gasteiger partial charge in [-0.2, -0.15) is 0 Å². The molecule has 12 heteroatoms. The Labute approximate surface area is 243 Å². The molecular formula is C30H33N7O5. The number of ether oxygens (including phenoxy) is 2. The molecule has 3 N–H and O–H groups in total. The quantitative estimate of drug-likeness (QED) is 0.148.